The van der Waals surface area contributed by atoms with Crippen molar-refractivity contribution in [1.82, 2.24) is 9.88 Å². The van der Waals surface area contributed by atoms with E-state index >= 15 is 0 Å². The number of nitrogen functional groups attached to an aromatic ring is 1. The fourth-order valence-electron chi connectivity index (χ4n) is 1.82. The van der Waals surface area contributed by atoms with E-state index in [-0.39, 0.29) is 5.91 Å². The second-order valence-corrected chi connectivity index (χ2v) is 4.32. The van der Waals surface area contributed by atoms with Crippen molar-refractivity contribution in [2.45, 2.75) is 18.9 Å². The molecule has 0 aromatic carbocycles. The number of H-pyrrole nitrogens is 1. The van der Waals surface area contributed by atoms with Gasteiger partial charge in [-0.3, -0.25) is 4.79 Å². The number of hydrogen-bond acceptors (Lipinski definition) is 3. The third-order valence-corrected chi connectivity index (χ3v) is 2.67. The highest BCUT2D eigenvalue weighted by Gasteiger charge is 2.34. The van der Waals surface area contributed by atoms with E-state index in [2.05, 4.69) is 4.98 Å². The lowest BCUT2D eigenvalue weighted by Gasteiger charge is -2.18. The van der Waals surface area contributed by atoms with Crippen LogP contribution < -0.4 is 5.73 Å². The Morgan fingerprint density at radius 2 is 2.47 bits per heavy atom. The first-order chi connectivity index (χ1) is 6.98. The predicted octanol–water partition coefficient (Wildman–Crippen LogP) is 0.194. The van der Waals surface area contributed by atoms with Crippen molar-refractivity contribution in [1.29, 1.82) is 0 Å². The van der Waals surface area contributed by atoms with Gasteiger partial charge in [-0.15, -0.1) is 0 Å². The fourth-order valence-corrected chi connectivity index (χ4v) is 1.82. The number of carbonyl (C=O) groups is 1. The summed E-state index contributed by atoms with van der Waals surface area (Å²) in [5.41, 5.74) is 5.78. The van der Waals surface area contributed by atoms with Crippen molar-refractivity contribution in [3.63, 3.8) is 0 Å². The highest BCUT2D eigenvalue weighted by atomic mass is 16.3. The van der Waals surface area contributed by atoms with Crippen LogP contribution in [0.1, 0.15) is 23.8 Å². The minimum absolute atomic E-state index is 0.107. The van der Waals surface area contributed by atoms with Crippen LogP contribution in [0, 0.1) is 0 Å². The molecule has 2 rings (SSSR count). The summed E-state index contributed by atoms with van der Waals surface area (Å²) in [4.78, 5) is 16.3. The molecule has 0 aliphatic carbocycles. The lowest BCUT2D eigenvalue weighted by Crippen LogP contribution is -2.34. The molecule has 1 aliphatic heterocycles. The molecule has 82 valence electrons. The van der Waals surface area contributed by atoms with E-state index in [0.717, 1.165) is 0 Å². The molecule has 0 radical (unpaired) electrons. The molecular weight excluding hydrogens is 194 g/mol. The quantitative estimate of drug-likeness (QED) is 0.617. The number of aromatic nitrogens is 1. The number of nitrogens with two attached hydrogens (primary N) is 1. The van der Waals surface area contributed by atoms with Crippen LogP contribution in [0.2, 0.25) is 0 Å². The second kappa shape index (κ2) is 3.27. The summed E-state index contributed by atoms with van der Waals surface area (Å²) in [6, 6.07) is 1.61. The Morgan fingerprint density at radius 1 is 1.73 bits per heavy atom. The number of aromatic amines is 1. The largest absolute Gasteiger partial charge is 0.397 e. The van der Waals surface area contributed by atoms with E-state index in [1.807, 2.05) is 0 Å². The molecule has 4 N–H and O–H groups in total. The summed E-state index contributed by atoms with van der Waals surface area (Å²) in [6.45, 7) is 2.71. The van der Waals surface area contributed by atoms with Crippen LogP contribution in [0.3, 0.4) is 0 Å². The van der Waals surface area contributed by atoms with E-state index in [0.29, 0.717) is 30.9 Å². The molecule has 1 fully saturated rings. The van der Waals surface area contributed by atoms with Gasteiger partial charge in [0.2, 0.25) is 0 Å². The van der Waals surface area contributed by atoms with E-state index in [4.69, 9.17) is 5.73 Å². The van der Waals surface area contributed by atoms with E-state index in [1.165, 1.54) is 0 Å². The van der Waals surface area contributed by atoms with Crippen LogP contribution in [0.4, 0.5) is 5.69 Å². The molecule has 1 amide bonds. The molecule has 1 saturated heterocycles. The van der Waals surface area contributed by atoms with Gasteiger partial charge in [-0.05, 0) is 19.4 Å². The molecule has 1 atom stereocenters. The van der Waals surface area contributed by atoms with Gasteiger partial charge in [0.15, 0.2) is 0 Å². The maximum atomic E-state index is 11.9. The molecule has 0 saturated carbocycles. The van der Waals surface area contributed by atoms with E-state index in [1.54, 1.807) is 24.1 Å². The first kappa shape index (κ1) is 10.0. The smallest absolute Gasteiger partial charge is 0.270 e. The van der Waals surface area contributed by atoms with Gasteiger partial charge in [0.05, 0.1) is 5.60 Å². The molecule has 15 heavy (non-hydrogen) atoms. The van der Waals surface area contributed by atoms with Gasteiger partial charge in [-0.2, -0.15) is 0 Å². The van der Waals surface area contributed by atoms with Gasteiger partial charge in [-0.25, -0.2) is 0 Å². The van der Waals surface area contributed by atoms with Gasteiger partial charge in [-0.1, -0.05) is 0 Å². The zero-order valence-corrected chi connectivity index (χ0v) is 8.66. The molecule has 1 aromatic heterocycles. The molecule has 2 heterocycles. The average molecular weight is 209 g/mol. The number of anilines is 1. The number of likely N-dealkylation sites (tertiary alicyclic amines) is 1. The minimum atomic E-state index is -0.756. The van der Waals surface area contributed by atoms with Gasteiger partial charge in [0.1, 0.15) is 5.69 Å². The number of β-amino-alcohol motifs (C(OH)–C–C–N with tert-alkyl or cyclic N) is 1. The first-order valence-electron chi connectivity index (χ1n) is 4.93. The van der Waals surface area contributed by atoms with Crippen molar-refractivity contribution >= 4 is 11.6 Å². The lowest BCUT2D eigenvalue weighted by atomic mass is 10.1. The van der Waals surface area contributed by atoms with Crippen LogP contribution in [0.25, 0.3) is 0 Å². The molecule has 1 aromatic rings. The highest BCUT2D eigenvalue weighted by molar-refractivity contribution is 5.93. The molecule has 1 unspecified atom stereocenters. The summed E-state index contributed by atoms with van der Waals surface area (Å²) in [7, 11) is 0. The lowest BCUT2D eigenvalue weighted by molar-refractivity contribution is 0.0569. The summed E-state index contributed by atoms with van der Waals surface area (Å²) in [6.07, 6.45) is 2.20. The Kier molecular flexibility index (Phi) is 2.19. The Balaban J connectivity index is 2.10. The number of carbonyl (C=O) groups excluding carboxylic acids is 1. The van der Waals surface area contributed by atoms with Gasteiger partial charge in [0, 0.05) is 25.0 Å². The zero-order valence-electron chi connectivity index (χ0n) is 8.66. The van der Waals surface area contributed by atoms with Crippen LogP contribution in [0.15, 0.2) is 12.3 Å². The van der Waals surface area contributed by atoms with Crippen LogP contribution in [-0.4, -0.2) is 39.6 Å². The topological polar surface area (TPSA) is 82.3 Å². The van der Waals surface area contributed by atoms with Crippen molar-refractivity contribution in [3.8, 4) is 0 Å². The SMILES string of the molecule is CC1(O)CCN(C(=O)c2cc(N)c[nH]2)C1. The fraction of sp³-hybridized carbons (Fsp3) is 0.500. The van der Waals surface area contributed by atoms with Crippen LogP contribution >= 0.6 is 0 Å². The third kappa shape index (κ3) is 1.97. The Bertz CT molecular complexity index is 384. The standard InChI is InChI=1S/C10H15N3O2/c1-10(15)2-3-13(6-10)9(14)8-4-7(11)5-12-8/h4-5,12,15H,2-3,6,11H2,1H3. The summed E-state index contributed by atoms with van der Waals surface area (Å²) in [5, 5.41) is 9.74. The van der Waals surface area contributed by atoms with Crippen molar-refractivity contribution < 1.29 is 9.90 Å². The first-order valence-corrected chi connectivity index (χ1v) is 4.93. The van der Waals surface area contributed by atoms with Gasteiger partial charge >= 0.3 is 0 Å². The molecular formula is C10H15N3O2. The summed E-state index contributed by atoms with van der Waals surface area (Å²) < 4.78 is 0. The highest BCUT2D eigenvalue weighted by Crippen LogP contribution is 2.22. The van der Waals surface area contributed by atoms with Crippen molar-refractivity contribution in [2.75, 3.05) is 18.8 Å². The number of aliphatic hydroxyl groups is 1. The van der Waals surface area contributed by atoms with Crippen molar-refractivity contribution in [2.24, 2.45) is 0 Å². The van der Waals surface area contributed by atoms with Gasteiger partial charge < -0.3 is 20.7 Å². The summed E-state index contributed by atoms with van der Waals surface area (Å²) >= 11 is 0. The Labute approximate surface area is 87.9 Å². The maximum Gasteiger partial charge on any atom is 0.270 e. The normalized spacial score (nSPS) is 25.9. The van der Waals surface area contributed by atoms with Crippen LogP contribution in [0.5, 0.6) is 0 Å². The molecule has 1 aliphatic rings. The monoisotopic (exact) mass is 209 g/mol. The number of amides is 1. The molecule has 5 nitrogen and oxygen atoms in total. The van der Waals surface area contributed by atoms with Crippen LogP contribution in [-0.2, 0) is 0 Å². The molecule has 5 heteroatoms. The molecule has 0 spiro atoms. The minimum Gasteiger partial charge on any atom is -0.397 e. The molecule has 0 bridgehead atoms. The maximum absolute atomic E-state index is 11.9. The van der Waals surface area contributed by atoms with E-state index in [9.17, 15) is 9.90 Å². The predicted molar refractivity (Wildman–Crippen MR) is 56.3 cm³/mol. The number of nitrogens with zero attached hydrogens (tertiary/aromatic N) is 1. The van der Waals surface area contributed by atoms with Gasteiger partial charge in [0.25, 0.3) is 5.91 Å². The number of hydrogen-bond donors (Lipinski definition) is 3. The van der Waals surface area contributed by atoms with Crippen molar-refractivity contribution in [3.05, 3.63) is 18.0 Å². The second-order valence-electron chi connectivity index (χ2n) is 4.32. The number of rotatable bonds is 1. The summed E-state index contributed by atoms with van der Waals surface area (Å²) in [5.74, 6) is -0.107. The Morgan fingerprint density at radius 3 is 2.93 bits per heavy atom. The third-order valence-electron chi connectivity index (χ3n) is 2.67. The number of nitrogens with one attached hydrogen (secondary N) is 1. The zero-order chi connectivity index (χ0) is 11.1. The average Bonchev–Trinajstić information content (AvgIpc) is 2.71. The van der Waals surface area contributed by atoms with E-state index < -0.39 is 5.60 Å². The Hall–Kier alpha value is -1.49.